The Morgan fingerprint density at radius 1 is 1.29 bits per heavy atom. The summed E-state index contributed by atoms with van der Waals surface area (Å²) in [5, 5.41) is 0. The maximum Gasteiger partial charge on any atom is 0.337 e. The van der Waals surface area contributed by atoms with Crippen LogP contribution in [0.2, 0.25) is 0 Å². The number of esters is 1. The Bertz CT molecular complexity index is 518. The number of carbonyl (C=O) groups excluding carboxylic acids is 1. The largest absolute Gasteiger partial charge is 0.493 e. The van der Waals surface area contributed by atoms with Crippen molar-refractivity contribution in [3.63, 3.8) is 0 Å². The predicted molar refractivity (Wildman–Crippen MR) is 89.0 cm³/mol. The number of carbonyl (C=O) groups is 1. The Balaban J connectivity index is 2.04. The summed E-state index contributed by atoms with van der Waals surface area (Å²) in [6, 6.07) is 5.41. The van der Waals surface area contributed by atoms with Crippen molar-refractivity contribution in [2.24, 2.45) is 0 Å². The number of ether oxygens (including phenoxy) is 3. The molecule has 0 aromatic heterocycles. The minimum absolute atomic E-state index is 0.341. The van der Waals surface area contributed by atoms with Gasteiger partial charge in [-0.1, -0.05) is 0 Å². The minimum atomic E-state index is -0.341. The van der Waals surface area contributed by atoms with E-state index in [4.69, 9.17) is 19.0 Å². The van der Waals surface area contributed by atoms with Gasteiger partial charge in [0.25, 0.3) is 0 Å². The van der Waals surface area contributed by atoms with Gasteiger partial charge in [-0.3, -0.25) is 4.90 Å². The van der Waals surface area contributed by atoms with Gasteiger partial charge >= 0.3 is 5.97 Å². The highest BCUT2D eigenvalue weighted by molar-refractivity contribution is 5.89. The van der Waals surface area contributed by atoms with Crippen LogP contribution in [0.5, 0.6) is 5.75 Å². The number of nitrogens with one attached hydrogen (secondary N) is 1. The lowest BCUT2D eigenvalue weighted by atomic mass is 10.1. The molecule has 0 atom stereocenters. The van der Waals surface area contributed by atoms with Crippen LogP contribution in [0, 0.1) is 0 Å². The number of nitrogens with zero attached hydrogens (tertiary/aromatic N) is 1. The van der Waals surface area contributed by atoms with Crippen molar-refractivity contribution >= 4 is 5.97 Å². The number of hydrogen-bond donors (Lipinski definition) is 1. The van der Waals surface area contributed by atoms with Crippen molar-refractivity contribution in [1.82, 2.24) is 10.4 Å². The highest BCUT2D eigenvalue weighted by Gasteiger charge is 2.16. The monoisotopic (exact) mass is 338 g/mol. The normalized spacial score (nSPS) is 15.2. The molecule has 1 saturated heterocycles. The van der Waals surface area contributed by atoms with Gasteiger partial charge in [0.05, 0.1) is 39.1 Å². The lowest BCUT2D eigenvalue weighted by Gasteiger charge is -2.27. The molecule has 1 aliphatic heterocycles. The van der Waals surface area contributed by atoms with Gasteiger partial charge in [0.1, 0.15) is 5.75 Å². The van der Waals surface area contributed by atoms with Gasteiger partial charge < -0.3 is 19.0 Å². The summed E-state index contributed by atoms with van der Waals surface area (Å²) < 4.78 is 16.1. The van der Waals surface area contributed by atoms with E-state index in [1.807, 2.05) is 12.1 Å². The number of morpholine rings is 1. The van der Waals surface area contributed by atoms with E-state index >= 15 is 0 Å². The van der Waals surface area contributed by atoms with Crippen LogP contribution in [0.25, 0.3) is 0 Å². The number of rotatable bonds is 9. The second-order valence-electron chi connectivity index (χ2n) is 5.46. The molecule has 0 bridgehead atoms. The SMILES string of the molecule is CNOCCCOc1ccc(C(=O)OC)cc1CN1CCOCC1. The molecule has 1 heterocycles. The van der Waals surface area contributed by atoms with Gasteiger partial charge in [0.15, 0.2) is 0 Å². The van der Waals surface area contributed by atoms with E-state index in [-0.39, 0.29) is 5.97 Å². The van der Waals surface area contributed by atoms with Crippen molar-refractivity contribution in [2.45, 2.75) is 13.0 Å². The standard InChI is InChI=1S/C17H26N2O5/c1-18-24-9-3-8-23-16-5-4-14(17(20)21-2)12-15(16)13-19-6-10-22-11-7-19/h4-5,12,18H,3,6-11,13H2,1-2H3. The molecule has 24 heavy (non-hydrogen) atoms. The molecule has 1 aromatic carbocycles. The third-order valence-corrected chi connectivity index (χ3v) is 3.77. The average Bonchev–Trinajstić information content (AvgIpc) is 2.62. The van der Waals surface area contributed by atoms with Crippen LogP contribution in [-0.4, -0.2) is 64.5 Å². The molecule has 0 amide bonds. The summed E-state index contributed by atoms with van der Waals surface area (Å²) in [7, 11) is 3.11. The Hall–Kier alpha value is -1.67. The lowest BCUT2D eigenvalue weighted by Crippen LogP contribution is -2.35. The van der Waals surface area contributed by atoms with Crippen molar-refractivity contribution in [3.8, 4) is 5.75 Å². The van der Waals surface area contributed by atoms with Crippen molar-refractivity contribution in [1.29, 1.82) is 0 Å². The van der Waals surface area contributed by atoms with Gasteiger partial charge in [-0.25, -0.2) is 10.3 Å². The number of hydrogen-bond acceptors (Lipinski definition) is 7. The van der Waals surface area contributed by atoms with E-state index in [1.165, 1.54) is 7.11 Å². The molecule has 2 rings (SSSR count). The van der Waals surface area contributed by atoms with Gasteiger partial charge in [-0.2, -0.15) is 0 Å². The highest BCUT2D eigenvalue weighted by Crippen LogP contribution is 2.23. The molecular formula is C17H26N2O5. The fourth-order valence-corrected chi connectivity index (χ4v) is 2.50. The van der Waals surface area contributed by atoms with Crippen molar-refractivity contribution in [3.05, 3.63) is 29.3 Å². The summed E-state index contributed by atoms with van der Waals surface area (Å²) in [4.78, 5) is 19.1. The van der Waals surface area contributed by atoms with E-state index < -0.39 is 0 Å². The Morgan fingerprint density at radius 2 is 2.08 bits per heavy atom. The quantitative estimate of drug-likeness (QED) is 0.412. The lowest BCUT2D eigenvalue weighted by molar-refractivity contribution is 0.0334. The molecule has 1 aliphatic rings. The van der Waals surface area contributed by atoms with Crippen LogP contribution < -0.4 is 10.2 Å². The molecule has 1 aromatic rings. The summed E-state index contributed by atoms with van der Waals surface area (Å²) >= 11 is 0. The topological polar surface area (TPSA) is 69.3 Å². The zero-order chi connectivity index (χ0) is 17.2. The van der Waals surface area contributed by atoms with Crippen LogP contribution in [0.3, 0.4) is 0 Å². The molecule has 7 heteroatoms. The summed E-state index contributed by atoms with van der Waals surface area (Å²) in [5.41, 5.74) is 4.15. The predicted octanol–water partition coefficient (Wildman–Crippen LogP) is 1.23. The Labute approximate surface area is 142 Å². The maximum atomic E-state index is 11.8. The number of hydroxylamine groups is 1. The fourth-order valence-electron chi connectivity index (χ4n) is 2.50. The van der Waals surface area contributed by atoms with Gasteiger partial charge in [0.2, 0.25) is 0 Å². The molecule has 0 aliphatic carbocycles. The molecule has 0 spiro atoms. The van der Waals surface area contributed by atoms with Crippen LogP contribution >= 0.6 is 0 Å². The van der Waals surface area contributed by atoms with E-state index in [2.05, 4.69) is 10.4 Å². The smallest absolute Gasteiger partial charge is 0.337 e. The first-order valence-electron chi connectivity index (χ1n) is 8.17. The third kappa shape index (κ3) is 5.76. The Kier molecular flexibility index (Phi) is 7.97. The van der Waals surface area contributed by atoms with Crippen molar-refractivity contribution < 1.29 is 23.8 Å². The molecule has 1 fully saturated rings. The van der Waals surface area contributed by atoms with Gasteiger partial charge in [0, 0.05) is 38.7 Å². The van der Waals surface area contributed by atoms with Gasteiger partial charge in [-0.05, 0) is 18.2 Å². The van der Waals surface area contributed by atoms with Crippen molar-refractivity contribution in [2.75, 3.05) is 53.7 Å². The van der Waals surface area contributed by atoms with Crippen LogP contribution in [-0.2, 0) is 20.9 Å². The summed E-state index contributed by atoms with van der Waals surface area (Å²) in [6.45, 7) is 5.06. The maximum absolute atomic E-state index is 11.8. The van der Waals surface area contributed by atoms with E-state index in [9.17, 15) is 4.79 Å². The second-order valence-corrected chi connectivity index (χ2v) is 5.46. The second kappa shape index (κ2) is 10.2. The zero-order valence-electron chi connectivity index (χ0n) is 14.4. The average molecular weight is 338 g/mol. The Morgan fingerprint density at radius 3 is 2.79 bits per heavy atom. The molecule has 7 nitrogen and oxygen atoms in total. The van der Waals surface area contributed by atoms with E-state index in [0.29, 0.717) is 18.8 Å². The van der Waals surface area contributed by atoms with Crippen LogP contribution in [0.4, 0.5) is 0 Å². The third-order valence-electron chi connectivity index (χ3n) is 3.77. The number of benzene rings is 1. The molecular weight excluding hydrogens is 312 g/mol. The molecule has 0 radical (unpaired) electrons. The van der Waals surface area contributed by atoms with Crippen LogP contribution in [0.1, 0.15) is 22.3 Å². The van der Waals surface area contributed by atoms with Crippen LogP contribution in [0.15, 0.2) is 18.2 Å². The van der Waals surface area contributed by atoms with Gasteiger partial charge in [-0.15, -0.1) is 0 Å². The zero-order valence-corrected chi connectivity index (χ0v) is 14.4. The molecule has 0 unspecified atom stereocenters. The summed E-state index contributed by atoms with van der Waals surface area (Å²) in [6.07, 6.45) is 0.774. The molecule has 134 valence electrons. The fraction of sp³-hybridized carbons (Fsp3) is 0.588. The first kappa shape index (κ1) is 18.7. The highest BCUT2D eigenvalue weighted by atomic mass is 16.6. The molecule has 1 N–H and O–H groups in total. The summed E-state index contributed by atoms with van der Waals surface area (Å²) in [5.74, 6) is 0.450. The molecule has 0 saturated carbocycles. The van der Waals surface area contributed by atoms with E-state index in [0.717, 1.165) is 50.6 Å². The first-order valence-corrected chi connectivity index (χ1v) is 8.17. The number of methoxy groups -OCH3 is 1. The van der Waals surface area contributed by atoms with E-state index in [1.54, 1.807) is 13.1 Å². The minimum Gasteiger partial charge on any atom is -0.493 e. The first-order chi connectivity index (χ1) is 11.7.